The standard InChI is InChI=1S/C7H4F3NO3.C7H5F2NO3/c8-7(9,10)5-3-4(11(13)14)1-2-6(5)12;1-13-5-3-2-4(10(11)12)6(8)7(5)9/h1-3,12H;2-3H,1H3. The van der Waals surface area contributed by atoms with E-state index in [1.54, 1.807) is 0 Å². The molecule has 0 aliphatic heterocycles. The number of rotatable bonds is 3. The lowest BCUT2D eigenvalue weighted by atomic mass is 10.2. The zero-order valence-corrected chi connectivity index (χ0v) is 13.2. The number of nitro benzene ring substituents is 2. The summed E-state index contributed by atoms with van der Waals surface area (Å²) in [5, 5.41) is 29.1. The molecular formula is C14H9F5N2O6. The maximum absolute atomic E-state index is 12.8. The number of aromatic hydroxyl groups is 1. The van der Waals surface area contributed by atoms with E-state index in [2.05, 4.69) is 4.74 Å². The van der Waals surface area contributed by atoms with Crippen LogP contribution in [0.15, 0.2) is 30.3 Å². The molecule has 0 bridgehead atoms. The molecule has 0 aliphatic carbocycles. The molecule has 2 rings (SSSR count). The summed E-state index contributed by atoms with van der Waals surface area (Å²) in [5.74, 6) is -4.24. The van der Waals surface area contributed by atoms with E-state index < -0.39 is 50.3 Å². The van der Waals surface area contributed by atoms with Gasteiger partial charge in [0, 0.05) is 18.2 Å². The lowest BCUT2D eigenvalue weighted by molar-refractivity contribution is -0.387. The van der Waals surface area contributed by atoms with Gasteiger partial charge >= 0.3 is 11.9 Å². The Hall–Kier alpha value is -3.51. The third kappa shape index (κ3) is 5.23. The Morgan fingerprint density at radius 2 is 1.59 bits per heavy atom. The molecule has 13 heteroatoms. The number of phenols is 1. The molecule has 0 amide bonds. The topological polar surface area (TPSA) is 116 Å². The fourth-order valence-corrected chi connectivity index (χ4v) is 1.68. The molecular weight excluding hydrogens is 387 g/mol. The molecule has 0 aromatic heterocycles. The van der Waals surface area contributed by atoms with Gasteiger partial charge < -0.3 is 9.84 Å². The number of nitrogens with zero attached hydrogens (tertiary/aromatic N) is 2. The first-order chi connectivity index (χ1) is 12.4. The van der Waals surface area contributed by atoms with Gasteiger partial charge in [0.05, 0.1) is 17.0 Å². The number of alkyl halides is 3. The van der Waals surface area contributed by atoms with Crippen molar-refractivity contribution in [2.45, 2.75) is 6.18 Å². The van der Waals surface area contributed by atoms with E-state index in [1.165, 1.54) is 0 Å². The second-order valence-corrected chi connectivity index (χ2v) is 4.63. The van der Waals surface area contributed by atoms with Gasteiger partial charge in [-0.3, -0.25) is 20.2 Å². The monoisotopic (exact) mass is 396 g/mol. The molecule has 8 nitrogen and oxygen atoms in total. The van der Waals surface area contributed by atoms with Gasteiger partial charge in [0.15, 0.2) is 5.75 Å². The summed E-state index contributed by atoms with van der Waals surface area (Å²) >= 11 is 0. The van der Waals surface area contributed by atoms with Crippen molar-refractivity contribution < 1.29 is 41.6 Å². The largest absolute Gasteiger partial charge is 0.507 e. The molecule has 0 aliphatic rings. The summed E-state index contributed by atoms with van der Waals surface area (Å²) in [6, 6.07) is 3.56. The first kappa shape index (κ1) is 21.5. The molecule has 146 valence electrons. The highest BCUT2D eigenvalue weighted by Crippen LogP contribution is 2.37. The molecule has 1 N–H and O–H groups in total. The predicted molar refractivity (Wildman–Crippen MR) is 79.3 cm³/mol. The number of nitro groups is 2. The number of non-ortho nitro benzene ring substituents is 1. The van der Waals surface area contributed by atoms with Crippen LogP contribution in [0, 0.1) is 31.9 Å². The first-order valence-electron chi connectivity index (χ1n) is 6.61. The Balaban J connectivity index is 0.000000271. The van der Waals surface area contributed by atoms with Gasteiger partial charge in [-0.15, -0.1) is 0 Å². The molecule has 27 heavy (non-hydrogen) atoms. The molecule has 0 saturated carbocycles. The van der Waals surface area contributed by atoms with Gasteiger partial charge in [-0.2, -0.15) is 22.0 Å². The van der Waals surface area contributed by atoms with Crippen LogP contribution in [0.1, 0.15) is 5.56 Å². The van der Waals surface area contributed by atoms with Crippen LogP contribution in [-0.4, -0.2) is 22.1 Å². The number of hydrogen-bond donors (Lipinski definition) is 1. The van der Waals surface area contributed by atoms with Crippen LogP contribution in [0.25, 0.3) is 0 Å². The fraction of sp³-hybridized carbons (Fsp3) is 0.143. The Morgan fingerprint density at radius 1 is 1.00 bits per heavy atom. The summed E-state index contributed by atoms with van der Waals surface area (Å²) in [6.07, 6.45) is -4.80. The number of hydrogen-bond acceptors (Lipinski definition) is 6. The Kier molecular flexibility index (Phi) is 6.58. The number of ether oxygens (including phenoxy) is 1. The summed E-state index contributed by atoms with van der Waals surface area (Å²) in [6.45, 7) is 0. The smallest absolute Gasteiger partial charge is 0.420 e. The van der Waals surface area contributed by atoms with Crippen molar-refractivity contribution in [3.05, 3.63) is 67.8 Å². The maximum atomic E-state index is 12.8. The minimum absolute atomic E-state index is 0.287. The van der Waals surface area contributed by atoms with Crippen molar-refractivity contribution in [1.82, 2.24) is 0 Å². The minimum atomic E-state index is -4.80. The van der Waals surface area contributed by atoms with Crippen molar-refractivity contribution in [3.8, 4) is 11.5 Å². The quantitative estimate of drug-likeness (QED) is 0.472. The number of phenolic OH excluding ortho intramolecular Hbond substituents is 1. The minimum Gasteiger partial charge on any atom is -0.507 e. The molecule has 2 aromatic rings. The zero-order valence-electron chi connectivity index (χ0n) is 13.2. The molecule has 0 heterocycles. The highest BCUT2D eigenvalue weighted by atomic mass is 19.4. The van der Waals surface area contributed by atoms with Gasteiger partial charge in [0.1, 0.15) is 11.3 Å². The van der Waals surface area contributed by atoms with Gasteiger partial charge in [-0.25, -0.2) is 0 Å². The summed E-state index contributed by atoms with van der Waals surface area (Å²) in [4.78, 5) is 18.3. The van der Waals surface area contributed by atoms with E-state index in [4.69, 9.17) is 5.11 Å². The van der Waals surface area contributed by atoms with Crippen molar-refractivity contribution >= 4 is 11.4 Å². The SMILES string of the molecule is COc1ccc([N+](=O)[O-])c(F)c1F.O=[N+]([O-])c1ccc(O)c(C(F)(F)F)c1. The van der Waals surface area contributed by atoms with E-state index in [-0.39, 0.29) is 11.8 Å². The Morgan fingerprint density at radius 3 is 2.04 bits per heavy atom. The number of halogens is 5. The Bertz CT molecular complexity index is 872. The van der Waals surface area contributed by atoms with Gasteiger partial charge in [0.25, 0.3) is 5.69 Å². The average molecular weight is 396 g/mol. The second kappa shape index (κ2) is 8.25. The van der Waals surface area contributed by atoms with E-state index >= 15 is 0 Å². The number of methoxy groups -OCH3 is 1. The molecule has 0 fully saturated rings. The molecule has 0 unspecified atom stereocenters. The van der Waals surface area contributed by atoms with Crippen molar-refractivity contribution in [1.29, 1.82) is 0 Å². The van der Waals surface area contributed by atoms with Crippen LogP contribution in [0.2, 0.25) is 0 Å². The molecule has 0 saturated heterocycles. The molecule has 0 spiro atoms. The highest BCUT2D eigenvalue weighted by Gasteiger charge is 2.35. The Labute approximate surface area is 146 Å². The van der Waals surface area contributed by atoms with Crippen LogP contribution in [0.3, 0.4) is 0 Å². The predicted octanol–water partition coefficient (Wildman–Crippen LogP) is 4.20. The molecule has 0 atom stereocenters. The van der Waals surface area contributed by atoms with E-state index in [0.29, 0.717) is 6.07 Å². The van der Waals surface area contributed by atoms with Crippen molar-refractivity contribution in [3.63, 3.8) is 0 Å². The first-order valence-corrected chi connectivity index (χ1v) is 6.61. The third-order valence-electron chi connectivity index (χ3n) is 2.94. The third-order valence-corrected chi connectivity index (χ3v) is 2.94. The lowest BCUT2D eigenvalue weighted by Crippen LogP contribution is -2.05. The van der Waals surface area contributed by atoms with E-state index in [1.807, 2.05) is 0 Å². The van der Waals surface area contributed by atoms with Crippen molar-refractivity contribution in [2.24, 2.45) is 0 Å². The fourth-order valence-electron chi connectivity index (χ4n) is 1.68. The van der Waals surface area contributed by atoms with Crippen LogP contribution < -0.4 is 4.74 Å². The summed E-state index contributed by atoms with van der Waals surface area (Å²) in [5.41, 5.74) is -3.03. The van der Waals surface area contributed by atoms with Crippen LogP contribution >= 0.6 is 0 Å². The highest BCUT2D eigenvalue weighted by molar-refractivity contribution is 5.44. The van der Waals surface area contributed by atoms with Crippen LogP contribution in [0.4, 0.5) is 33.3 Å². The van der Waals surface area contributed by atoms with Gasteiger partial charge in [-0.05, 0) is 12.1 Å². The summed E-state index contributed by atoms with van der Waals surface area (Å²) in [7, 11) is 1.14. The molecule has 2 aromatic carbocycles. The van der Waals surface area contributed by atoms with Crippen LogP contribution in [0.5, 0.6) is 11.5 Å². The second-order valence-electron chi connectivity index (χ2n) is 4.63. The number of benzene rings is 2. The normalized spacial score (nSPS) is 10.6. The van der Waals surface area contributed by atoms with Crippen LogP contribution in [-0.2, 0) is 6.18 Å². The maximum Gasteiger partial charge on any atom is 0.420 e. The van der Waals surface area contributed by atoms with E-state index in [9.17, 15) is 42.2 Å². The zero-order chi connectivity index (χ0) is 20.9. The van der Waals surface area contributed by atoms with Gasteiger partial charge in [-0.1, -0.05) is 0 Å². The van der Waals surface area contributed by atoms with E-state index in [0.717, 1.165) is 25.3 Å². The average Bonchev–Trinajstić information content (AvgIpc) is 2.56. The molecule has 0 radical (unpaired) electrons. The summed E-state index contributed by atoms with van der Waals surface area (Å²) < 4.78 is 66.4. The van der Waals surface area contributed by atoms with Crippen molar-refractivity contribution in [2.75, 3.05) is 7.11 Å². The lowest BCUT2D eigenvalue weighted by Gasteiger charge is -2.07. The van der Waals surface area contributed by atoms with Gasteiger partial charge in [0.2, 0.25) is 11.6 Å².